The molecule has 0 bridgehead atoms. The summed E-state index contributed by atoms with van der Waals surface area (Å²) in [5.74, 6) is 0.950. The largest absolute Gasteiger partial charge is 0.353 e. The molecule has 1 N–H and O–H groups in total. The van der Waals surface area contributed by atoms with Crippen molar-refractivity contribution in [3.8, 4) is 0 Å². The summed E-state index contributed by atoms with van der Waals surface area (Å²) in [5.41, 5.74) is -0.0751. The van der Waals surface area contributed by atoms with Crippen molar-refractivity contribution < 1.29 is 4.79 Å². The van der Waals surface area contributed by atoms with E-state index in [2.05, 4.69) is 28.2 Å². The summed E-state index contributed by atoms with van der Waals surface area (Å²) in [6, 6.07) is 0.410. The number of hydrogen-bond acceptors (Lipinski definition) is 1. The molecule has 2 nitrogen and oxygen atoms in total. The zero-order valence-corrected chi connectivity index (χ0v) is 12.4. The van der Waals surface area contributed by atoms with Crippen LogP contribution >= 0.6 is 15.9 Å². The van der Waals surface area contributed by atoms with Crippen molar-refractivity contribution in [1.82, 2.24) is 5.32 Å². The number of nitrogens with one attached hydrogen (secondary N) is 1. The molecule has 0 aromatic rings. The topological polar surface area (TPSA) is 29.1 Å². The van der Waals surface area contributed by atoms with Gasteiger partial charge in [0.2, 0.25) is 5.91 Å². The van der Waals surface area contributed by atoms with Gasteiger partial charge in [0.25, 0.3) is 0 Å². The third-order valence-electron chi connectivity index (χ3n) is 4.68. The van der Waals surface area contributed by atoms with E-state index in [0.29, 0.717) is 17.9 Å². The molecule has 2 saturated carbocycles. The van der Waals surface area contributed by atoms with E-state index >= 15 is 0 Å². The molecule has 0 aliphatic heterocycles. The van der Waals surface area contributed by atoms with Gasteiger partial charge in [-0.25, -0.2) is 0 Å². The molecule has 0 spiro atoms. The Kier molecular flexibility index (Phi) is 4.51. The van der Waals surface area contributed by atoms with Crippen LogP contribution in [-0.2, 0) is 4.79 Å². The molecule has 0 saturated heterocycles. The smallest absolute Gasteiger partial charge is 0.226 e. The molecule has 3 heteroatoms. The summed E-state index contributed by atoms with van der Waals surface area (Å²) in [4.78, 5) is 12.4. The van der Waals surface area contributed by atoms with Crippen molar-refractivity contribution >= 4 is 21.8 Å². The van der Waals surface area contributed by atoms with Gasteiger partial charge in [-0.05, 0) is 31.6 Å². The van der Waals surface area contributed by atoms with Crippen LogP contribution in [0.15, 0.2) is 0 Å². The fourth-order valence-corrected chi connectivity index (χ4v) is 4.08. The van der Waals surface area contributed by atoms with Crippen LogP contribution < -0.4 is 5.32 Å². The second-order valence-electron chi connectivity index (χ2n) is 6.05. The van der Waals surface area contributed by atoms with Crippen LogP contribution in [0.2, 0.25) is 0 Å². The van der Waals surface area contributed by atoms with Crippen LogP contribution in [0.4, 0.5) is 0 Å². The molecule has 2 unspecified atom stereocenters. The molecule has 2 atom stereocenters. The first-order valence-electron chi connectivity index (χ1n) is 7.03. The van der Waals surface area contributed by atoms with Crippen molar-refractivity contribution in [2.24, 2.45) is 11.3 Å². The van der Waals surface area contributed by atoms with Crippen molar-refractivity contribution in [2.75, 3.05) is 5.33 Å². The molecule has 2 aliphatic rings. The predicted molar refractivity (Wildman–Crippen MR) is 74.3 cm³/mol. The van der Waals surface area contributed by atoms with Gasteiger partial charge in [-0.2, -0.15) is 0 Å². The van der Waals surface area contributed by atoms with Crippen LogP contribution in [0.5, 0.6) is 0 Å². The number of rotatable bonds is 3. The summed E-state index contributed by atoms with van der Waals surface area (Å²) < 4.78 is 0. The quantitative estimate of drug-likeness (QED) is 0.792. The summed E-state index contributed by atoms with van der Waals surface area (Å²) in [6.07, 6.45) is 9.60. The standard InChI is InChI=1S/C14H24BrNO/c1-14(8-4-5-9-14)13(17)16-12-7-3-2-6-11(12)10-15/h11-12H,2-10H2,1H3,(H,16,17). The van der Waals surface area contributed by atoms with E-state index in [-0.39, 0.29) is 5.41 Å². The second-order valence-corrected chi connectivity index (χ2v) is 6.69. The highest BCUT2D eigenvalue weighted by Gasteiger charge is 2.38. The summed E-state index contributed by atoms with van der Waals surface area (Å²) in [7, 11) is 0. The molecule has 1 amide bonds. The number of halogens is 1. The third kappa shape index (κ3) is 3.04. The third-order valence-corrected chi connectivity index (χ3v) is 5.51. The molecule has 0 aromatic carbocycles. The lowest BCUT2D eigenvalue weighted by Gasteiger charge is -2.34. The van der Waals surface area contributed by atoms with Gasteiger partial charge in [-0.15, -0.1) is 0 Å². The van der Waals surface area contributed by atoms with Crippen LogP contribution in [0, 0.1) is 11.3 Å². The van der Waals surface area contributed by atoms with E-state index in [1.807, 2.05) is 0 Å². The summed E-state index contributed by atoms with van der Waals surface area (Å²) in [5, 5.41) is 4.36. The highest BCUT2D eigenvalue weighted by Crippen LogP contribution is 2.38. The zero-order chi connectivity index (χ0) is 12.3. The highest BCUT2D eigenvalue weighted by molar-refractivity contribution is 9.09. The normalized spacial score (nSPS) is 32.4. The number of carbonyl (C=O) groups is 1. The van der Waals surface area contributed by atoms with Crippen LogP contribution in [0.25, 0.3) is 0 Å². The van der Waals surface area contributed by atoms with Gasteiger partial charge in [0, 0.05) is 16.8 Å². The number of hydrogen-bond donors (Lipinski definition) is 1. The Hall–Kier alpha value is -0.0500. The molecule has 2 rings (SSSR count). The lowest BCUT2D eigenvalue weighted by atomic mass is 9.83. The maximum absolute atomic E-state index is 12.4. The van der Waals surface area contributed by atoms with Crippen LogP contribution in [0.1, 0.15) is 58.3 Å². The number of carbonyl (C=O) groups excluding carboxylic acids is 1. The fourth-order valence-electron chi connectivity index (χ4n) is 3.31. The van der Waals surface area contributed by atoms with E-state index in [4.69, 9.17) is 0 Å². The van der Waals surface area contributed by atoms with E-state index in [0.717, 1.165) is 24.6 Å². The molecule has 98 valence electrons. The maximum atomic E-state index is 12.4. The van der Waals surface area contributed by atoms with Crippen molar-refractivity contribution in [3.05, 3.63) is 0 Å². The fraction of sp³-hybridized carbons (Fsp3) is 0.929. The molecule has 0 radical (unpaired) electrons. The number of amides is 1. The molecule has 2 aliphatic carbocycles. The summed E-state index contributed by atoms with van der Waals surface area (Å²) in [6.45, 7) is 2.14. The minimum Gasteiger partial charge on any atom is -0.353 e. The van der Waals surface area contributed by atoms with Gasteiger partial charge in [0.15, 0.2) is 0 Å². The summed E-state index contributed by atoms with van der Waals surface area (Å²) >= 11 is 3.59. The molecule has 17 heavy (non-hydrogen) atoms. The van der Waals surface area contributed by atoms with Crippen LogP contribution in [0.3, 0.4) is 0 Å². The Bertz CT molecular complexity index is 273. The van der Waals surface area contributed by atoms with Gasteiger partial charge >= 0.3 is 0 Å². The van der Waals surface area contributed by atoms with Crippen molar-refractivity contribution in [2.45, 2.75) is 64.3 Å². The SMILES string of the molecule is CC1(C(=O)NC2CCCCC2CBr)CCCC1. The van der Waals surface area contributed by atoms with E-state index in [1.54, 1.807) is 0 Å². The van der Waals surface area contributed by atoms with Gasteiger partial charge in [-0.1, -0.05) is 48.5 Å². The van der Waals surface area contributed by atoms with Gasteiger partial charge in [0.05, 0.1) is 0 Å². The average Bonchev–Trinajstić information content (AvgIpc) is 2.78. The van der Waals surface area contributed by atoms with E-state index in [1.165, 1.54) is 32.1 Å². The van der Waals surface area contributed by atoms with Crippen molar-refractivity contribution in [3.63, 3.8) is 0 Å². The lowest BCUT2D eigenvalue weighted by Crippen LogP contribution is -2.47. The molecule has 2 fully saturated rings. The number of alkyl halides is 1. The second kappa shape index (κ2) is 5.73. The van der Waals surface area contributed by atoms with E-state index < -0.39 is 0 Å². The first-order valence-corrected chi connectivity index (χ1v) is 8.15. The molecule has 0 heterocycles. The predicted octanol–water partition coefficient (Wildman–Crippen LogP) is 3.64. The molecular weight excluding hydrogens is 278 g/mol. The van der Waals surface area contributed by atoms with Gasteiger partial charge < -0.3 is 5.32 Å². The van der Waals surface area contributed by atoms with E-state index in [9.17, 15) is 4.79 Å². The maximum Gasteiger partial charge on any atom is 0.226 e. The minimum absolute atomic E-state index is 0.0751. The Morgan fingerprint density at radius 3 is 2.53 bits per heavy atom. The Balaban J connectivity index is 1.92. The first-order chi connectivity index (χ1) is 8.15. The highest BCUT2D eigenvalue weighted by atomic mass is 79.9. The monoisotopic (exact) mass is 301 g/mol. The average molecular weight is 302 g/mol. The first kappa shape index (κ1) is 13.4. The molecule has 0 aromatic heterocycles. The van der Waals surface area contributed by atoms with Crippen molar-refractivity contribution in [1.29, 1.82) is 0 Å². The molecular formula is C14H24BrNO. The zero-order valence-electron chi connectivity index (χ0n) is 10.8. The minimum atomic E-state index is -0.0751. The van der Waals surface area contributed by atoms with Crippen LogP contribution in [-0.4, -0.2) is 17.3 Å². The van der Waals surface area contributed by atoms with Gasteiger partial charge in [0.1, 0.15) is 0 Å². The lowest BCUT2D eigenvalue weighted by molar-refractivity contribution is -0.131. The Morgan fingerprint density at radius 1 is 1.24 bits per heavy atom. The van der Waals surface area contributed by atoms with Gasteiger partial charge in [-0.3, -0.25) is 4.79 Å². The Morgan fingerprint density at radius 2 is 1.88 bits per heavy atom. The Labute approximate surface area is 113 Å².